The normalized spacial score (nSPS) is 10.9. The molecule has 0 saturated heterocycles. The summed E-state index contributed by atoms with van der Waals surface area (Å²) in [5.74, 6) is 0. The first-order valence-electron chi connectivity index (χ1n) is 6.29. The Morgan fingerprint density at radius 1 is 1.00 bits per heavy atom. The Morgan fingerprint density at radius 2 is 1.84 bits per heavy atom. The molecule has 2 aromatic carbocycles. The van der Waals surface area contributed by atoms with Crippen molar-refractivity contribution < 1.29 is 4.74 Å². The highest BCUT2D eigenvalue weighted by Gasteiger charge is 2.01. The summed E-state index contributed by atoms with van der Waals surface area (Å²) in [5.41, 5.74) is 8.87. The zero-order valence-corrected chi connectivity index (χ0v) is 10.6. The second-order valence-corrected chi connectivity index (χ2v) is 4.57. The summed E-state index contributed by atoms with van der Waals surface area (Å²) in [4.78, 5) is 0. The molecule has 0 unspecified atom stereocenters. The molecule has 0 atom stereocenters. The minimum Gasteiger partial charge on any atom is -0.399 e. The van der Waals surface area contributed by atoms with E-state index in [1.807, 2.05) is 42.6 Å². The molecule has 3 heteroatoms. The van der Waals surface area contributed by atoms with E-state index in [0.29, 0.717) is 13.3 Å². The Labute approximate surface area is 112 Å². The second kappa shape index (κ2) is 5.16. The largest absolute Gasteiger partial charge is 0.399 e. The number of anilines is 1. The van der Waals surface area contributed by atoms with E-state index in [9.17, 15) is 0 Å². The molecule has 19 heavy (non-hydrogen) atoms. The van der Waals surface area contributed by atoms with Crippen LogP contribution >= 0.6 is 0 Å². The van der Waals surface area contributed by atoms with E-state index in [1.165, 1.54) is 10.9 Å². The summed E-state index contributed by atoms with van der Waals surface area (Å²) in [5, 5.41) is 1.18. The molecular weight excluding hydrogens is 236 g/mol. The van der Waals surface area contributed by atoms with Gasteiger partial charge in [0.25, 0.3) is 0 Å². The van der Waals surface area contributed by atoms with E-state index < -0.39 is 0 Å². The van der Waals surface area contributed by atoms with Crippen molar-refractivity contribution in [2.75, 3.05) is 5.73 Å². The van der Waals surface area contributed by atoms with Crippen molar-refractivity contribution in [3.05, 3.63) is 66.4 Å². The first-order valence-corrected chi connectivity index (χ1v) is 6.29. The third kappa shape index (κ3) is 2.61. The molecule has 96 valence electrons. The fourth-order valence-corrected chi connectivity index (χ4v) is 2.15. The molecule has 0 fully saturated rings. The van der Waals surface area contributed by atoms with Crippen molar-refractivity contribution in [2.24, 2.45) is 0 Å². The van der Waals surface area contributed by atoms with Crippen LogP contribution in [0.15, 0.2) is 60.8 Å². The van der Waals surface area contributed by atoms with Gasteiger partial charge in [-0.3, -0.25) is 0 Å². The van der Waals surface area contributed by atoms with Crippen molar-refractivity contribution in [3.63, 3.8) is 0 Å². The predicted molar refractivity (Wildman–Crippen MR) is 77.6 cm³/mol. The van der Waals surface area contributed by atoms with Crippen LogP contribution in [0.5, 0.6) is 0 Å². The van der Waals surface area contributed by atoms with Crippen molar-refractivity contribution in [1.82, 2.24) is 4.57 Å². The van der Waals surface area contributed by atoms with E-state index in [4.69, 9.17) is 10.5 Å². The minimum absolute atomic E-state index is 0.530. The molecule has 2 N–H and O–H groups in total. The van der Waals surface area contributed by atoms with Gasteiger partial charge in [0.2, 0.25) is 0 Å². The molecular formula is C16H16N2O. The van der Waals surface area contributed by atoms with E-state index in [0.717, 1.165) is 11.2 Å². The molecule has 0 aliphatic rings. The van der Waals surface area contributed by atoms with Gasteiger partial charge >= 0.3 is 0 Å². The van der Waals surface area contributed by atoms with E-state index in [2.05, 4.69) is 22.8 Å². The third-order valence-corrected chi connectivity index (χ3v) is 3.14. The van der Waals surface area contributed by atoms with Crippen LogP contribution in [0, 0.1) is 0 Å². The van der Waals surface area contributed by atoms with Crippen molar-refractivity contribution in [2.45, 2.75) is 13.3 Å². The summed E-state index contributed by atoms with van der Waals surface area (Å²) in [6.07, 6.45) is 2.02. The van der Waals surface area contributed by atoms with Gasteiger partial charge in [-0.2, -0.15) is 0 Å². The number of nitrogen functional groups attached to an aromatic ring is 1. The highest BCUT2D eigenvalue weighted by molar-refractivity contribution is 5.83. The summed E-state index contributed by atoms with van der Waals surface area (Å²) in [6.45, 7) is 1.14. The summed E-state index contributed by atoms with van der Waals surface area (Å²) >= 11 is 0. The minimum atomic E-state index is 0.530. The molecule has 0 aliphatic heterocycles. The molecule has 0 saturated carbocycles. The first-order chi connectivity index (χ1) is 9.33. The fraction of sp³-hybridized carbons (Fsp3) is 0.125. The maximum atomic E-state index is 5.82. The smallest absolute Gasteiger partial charge is 0.123 e. The Bertz CT molecular complexity index is 674. The summed E-state index contributed by atoms with van der Waals surface area (Å²) < 4.78 is 7.80. The Balaban J connectivity index is 1.70. The van der Waals surface area contributed by atoms with E-state index in [1.54, 1.807) is 0 Å². The molecule has 0 bridgehead atoms. The number of fused-ring (bicyclic) bond motifs is 1. The van der Waals surface area contributed by atoms with Crippen LogP contribution in [-0.4, -0.2) is 4.57 Å². The zero-order chi connectivity index (χ0) is 13.1. The Kier molecular flexibility index (Phi) is 3.21. The molecule has 0 radical (unpaired) electrons. The molecule has 3 nitrogen and oxygen atoms in total. The van der Waals surface area contributed by atoms with Crippen LogP contribution in [0.4, 0.5) is 5.69 Å². The predicted octanol–water partition coefficient (Wildman–Crippen LogP) is 3.40. The maximum Gasteiger partial charge on any atom is 0.123 e. The van der Waals surface area contributed by atoms with Gasteiger partial charge in [0, 0.05) is 11.9 Å². The molecule has 0 aliphatic carbocycles. The number of hydrogen-bond acceptors (Lipinski definition) is 2. The standard InChI is InChI=1S/C16H16N2O/c17-15-7-6-14-8-9-18(16(14)10-15)12-19-11-13-4-2-1-3-5-13/h1-10H,11-12,17H2. The molecule has 1 aromatic heterocycles. The molecule has 0 amide bonds. The van der Waals surface area contributed by atoms with Crippen molar-refractivity contribution in [1.29, 1.82) is 0 Å². The Hall–Kier alpha value is -2.26. The van der Waals surface area contributed by atoms with Crippen LogP contribution in [0.1, 0.15) is 5.56 Å². The van der Waals surface area contributed by atoms with Gasteiger partial charge in [-0.15, -0.1) is 0 Å². The average Bonchev–Trinajstić information content (AvgIpc) is 2.83. The van der Waals surface area contributed by atoms with Crippen LogP contribution in [0.2, 0.25) is 0 Å². The van der Waals surface area contributed by atoms with Crippen molar-refractivity contribution >= 4 is 16.6 Å². The quantitative estimate of drug-likeness (QED) is 0.723. The van der Waals surface area contributed by atoms with Gasteiger partial charge in [-0.1, -0.05) is 36.4 Å². The number of benzene rings is 2. The summed E-state index contributed by atoms with van der Waals surface area (Å²) in [7, 11) is 0. The number of hydrogen-bond donors (Lipinski definition) is 1. The number of ether oxygens (including phenoxy) is 1. The Morgan fingerprint density at radius 3 is 2.68 bits per heavy atom. The highest BCUT2D eigenvalue weighted by atomic mass is 16.5. The van der Waals surface area contributed by atoms with Crippen LogP contribution in [0.25, 0.3) is 10.9 Å². The van der Waals surface area contributed by atoms with Crippen molar-refractivity contribution in [3.8, 4) is 0 Å². The number of aromatic nitrogens is 1. The number of nitrogens with zero attached hydrogens (tertiary/aromatic N) is 1. The lowest BCUT2D eigenvalue weighted by Gasteiger charge is -2.07. The van der Waals surface area contributed by atoms with Crippen LogP contribution < -0.4 is 5.73 Å². The van der Waals surface area contributed by atoms with Gasteiger partial charge in [-0.25, -0.2) is 0 Å². The summed E-state index contributed by atoms with van der Waals surface area (Å²) in [6, 6.07) is 18.1. The van der Waals surface area contributed by atoms with Gasteiger partial charge in [-0.05, 0) is 29.1 Å². The molecule has 3 rings (SSSR count). The van der Waals surface area contributed by atoms with Gasteiger partial charge in [0.1, 0.15) is 6.73 Å². The lowest BCUT2D eigenvalue weighted by atomic mass is 10.2. The maximum absolute atomic E-state index is 5.82. The zero-order valence-electron chi connectivity index (χ0n) is 10.6. The van der Waals surface area contributed by atoms with Gasteiger partial charge in [0.05, 0.1) is 12.1 Å². The first kappa shape index (κ1) is 11.8. The highest BCUT2D eigenvalue weighted by Crippen LogP contribution is 2.19. The van der Waals surface area contributed by atoms with E-state index >= 15 is 0 Å². The molecule has 1 heterocycles. The SMILES string of the molecule is Nc1ccc2ccn(COCc3ccccc3)c2c1. The van der Waals surface area contributed by atoms with Gasteiger partial charge < -0.3 is 15.0 Å². The lowest BCUT2D eigenvalue weighted by Crippen LogP contribution is -2.01. The average molecular weight is 252 g/mol. The molecule has 0 spiro atoms. The fourth-order valence-electron chi connectivity index (χ4n) is 2.15. The second-order valence-electron chi connectivity index (χ2n) is 4.57. The van der Waals surface area contributed by atoms with Crippen LogP contribution in [0.3, 0.4) is 0 Å². The van der Waals surface area contributed by atoms with E-state index in [-0.39, 0.29) is 0 Å². The lowest BCUT2D eigenvalue weighted by molar-refractivity contribution is 0.0668. The number of nitrogens with two attached hydrogens (primary N) is 1. The molecule has 3 aromatic rings. The van der Waals surface area contributed by atoms with Gasteiger partial charge in [0.15, 0.2) is 0 Å². The monoisotopic (exact) mass is 252 g/mol. The number of rotatable bonds is 4. The van der Waals surface area contributed by atoms with Crippen LogP contribution in [-0.2, 0) is 18.1 Å². The topological polar surface area (TPSA) is 40.2 Å². The third-order valence-electron chi connectivity index (χ3n) is 3.14.